The number of nitrogens with one attached hydrogen (secondary N) is 1. The third kappa shape index (κ3) is 4.84. The summed E-state index contributed by atoms with van der Waals surface area (Å²) in [4.78, 5) is 2.45. The van der Waals surface area contributed by atoms with Gasteiger partial charge in [-0.3, -0.25) is 4.90 Å². The minimum atomic E-state index is -0.0192. The van der Waals surface area contributed by atoms with Crippen molar-refractivity contribution in [1.29, 1.82) is 0 Å². The molecule has 1 heterocycles. The van der Waals surface area contributed by atoms with Gasteiger partial charge in [0.1, 0.15) is 0 Å². The van der Waals surface area contributed by atoms with Gasteiger partial charge >= 0.3 is 0 Å². The van der Waals surface area contributed by atoms with Gasteiger partial charge < -0.3 is 15.2 Å². The molecule has 3 atom stereocenters. The number of aliphatic hydroxyl groups excluding tert-OH is 1. The summed E-state index contributed by atoms with van der Waals surface area (Å²) in [6.07, 6.45) is 2.63. The summed E-state index contributed by atoms with van der Waals surface area (Å²) in [5.74, 6) is 0. The topological polar surface area (TPSA) is 44.7 Å². The van der Waals surface area contributed by atoms with Gasteiger partial charge in [0.15, 0.2) is 0 Å². The van der Waals surface area contributed by atoms with Crippen molar-refractivity contribution in [1.82, 2.24) is 10.2 Å². The summed E-state index contributed by atoms with van der Waals surface area (Å²) in [7, 11) is 2.02. The van der Waals surface area contributed by atoms with Crippen LogP contribution >= 0.6 is 0 Å². The molecule has 3 unspecified atom stereocenters. The molecule has 1 saturated heterocycles. The monoisotopic (exact) mass is 258 g/mol. The van der Waals surface area contributed by atoms with Crippen molar-refractivity contribution in [3.05, 3.63) is 0 Å². The van der Waals surface area contributed by atoms with Gasteiger partial charge in [0, 0.05) is 26.2 Å². The van der Waals surface area contributed by atoms with Crippen LogP contribution in [0.3, 0.4) is 0 Å². The SMILES string of the molecule is CCCC(C)(CNC)CN1CC(C)OC(CO)C1. The van der Waals surface area contributed by atoms with E-state index < -0.39 is 0 Å². The molecule has 0 bridgehead atoms. The second-order valence-electron chi connectivity index (χ2n) is 6.04. The molecule has 0 amide bonds. The highest BCUT2D eigenvalue weighted by Gasteiger charge is 2.31. The van der Waals surface area contributed by atoms with E-state index in [-0.39, 0.29) is 18.8 Å². The largest absolute Gasteiger partial charge is 0.394 e. The molecule has 0 aromatic carbocycles. The lowest BCUT2D eigenvalue weighted by Gasteiger charge is -2.41. The Balaban J connectivity index is 2.56. The lowest BCUT2D eigenvalue weighted by atomic mass is 9.84. The van der Waals surface area contributed by atoms with Gasteiger partial charge in [0.25, 0.3) is 0 Å². The second-order valence-corrected chi connectivity index (χ2v) is 6.04. The molecule has 0 saturated carbocycles. The molecular weight excluding hydrogens is 228 g/mol. The number of hydrogen-bond acceptors (Lipinski definition) is 4. The predicted molar refractivity (Wildman–Crippen MR) is 74.8 cm³/mol. The minimum Gasteiger partial charge on any atom is -0.394 e. The van der Waals surface area contributed by atoms with Crippen molar-refractivity contribution in [2.75, 3.05) is 39.8 Å². The molecule has 1 fully saturated rings. The molecule has 0 aliphatic carbocycles. The Bertz CT molecular complexity index is 230. The van der Waals surface area contributed by atoms with Crippen molar-refractivity contribution in [2.45, 2.75) is 45.8 Å². The Hall–Kier alpha value is -0.160. The van der Waals surface area contributed by atoms with E-state index >= 15 is 0 Å². The van der Waals surface area contributed by atoms with Crippen molar-refractivity contribution < 1.29 is 9.84 Å². The summed E-state index contributed by atoms with van der Waals surface area (Å²) in [5.41, 5.74) is 0.306. The number of rotatable bonds is 7. The Morgan fingerprint density at radius 3 is 2.72 bits per heavy atom. The van der Waals surface area contributed by atoms with Gasteiger partial charge in [-0.2, -0.15) is 0 Å². The molecule has 0 aromatic heterocycles. The van der Waals surface area contributed by atoms with Crippen molar-refractivity contribution in [3.63, 3.8) is 0 Å². The van der Waals surface area contributed by atoms with Crippen LogP contribution in [0.4, 0.5) is 0 Å². The predicted octanol–water partition coefficient (Wildman–Crippen LogP) is 1.09. The molecule has 1 rings (SSSR count). The summed E-state index contributed by atoms with van der Waals surface area (Å²) < 4.78 is 5.69. The third-order valence-electron chi connectivity index (χ3n) is 3.67. The highest BCUT2D eigenvalue weighted by atomic mass is 16.5. The fourth-order valence-corrected chi connectivity index (χ4v) is 3.16. The molecule has 1 aliphatic rings. The van der Waals surface area contributed by atoms with E-state index in [2.05, 4.69) is 31.0 Å². The lowest BCUT2D eigenvalue weighted by Crippen LogP contribution is -2.52. The molecule has 0 aromatic rings. The van der Waals surface area contributed by atoms with Crippen LogP contribution in [0.1, 0.15) is 33.6 Å². The van der Waals surface area contributed by atoms with E-state index in [9.17, 15) is 5.11 Å². The fourth-order valence-electron chi connectivity index (χ4n) is 3.16. The summed E-state index contributed by atoms with van der Waals surface area (Å²) in [6, 6.07) is 0. The maximum Gasteiger partial charge on any atom is 0.0936 e. The first-order valence-electron chi connectivity index (χ1n) is 7.16. The van der Waals surface area contributed by atoms with Gasteiger partial charge in [0.2, 0.25) is 0 Å². The molecule has 108 valence electrons. The molecule has 0 spiro atoms. The Morgan fingerprint density at radius 1 is 1.44 bits per heavy atom. The number of ether oxygens (including phenoxy) is 1. The van der Waals surface area contributed by atoms with Crippen LogP contribution in [0.2, 0.25) is 0 Å². The lowest BCUT2D eigenvalue weighted by molar-refractivity contribution is -0.102. The average Bonchev–Trinajstić information content (AvgIpc) is 2.28. The molecular formula is C14H30N2O2. The van der Waals surface area contributed by atoms with Crippen LogP contribution in [0, 0.1) is 5.41 Å². The smallest absolute Gasteiger partial charge is 0.0936 e. The number of morpholine rings is 1. The standard InChI is InChI=1S/C14H30N2O2/c1-5-6-14(3,10-15-4)11-16-7-12(2)18-13(8-16)9-17/h12-13,15,17H,5-11H2,1-4H3. The van der Waals surface area contributed by atoms with Crippen LogP contribution in [0.25, 0.3) is 0 Å². The summed E-state index contributed by atoms with van der Waals surface area (Å²) >= 11 is 0. The van der Waals surface area contributed by atoms with E-state index in [0.29, 0.717) is 5.41 Å². The Kier molecular flexibility index (Phi) is 6.57. The first kappa shape index (κ1) is 15.9. The van der Waals surface area contributed by atoms with Crippen LogP contribution in [-0.2, 0) is 4.74 Å². The third-order valence-corrected chi connectivity index (χ3v) is 3.67. The van der Waals surface area contributed by atoms with Crippen LogP contribution in [0.15, 0.2) is 0 Å². The first-order chi connectivity index (χ1) is 8.53. The van der Waals surface area contributed by atoms with Crippen LogP contribution in [0.5, 0.6) is 0 Å². The van der Waals surface area contributed by atoms with Gasteiger partial charge in [0.05, 0.1) is 18.8 Å². The molecule has 1 aliphatic heterocycles. The molecule has 2 N–H and O–H groups in total. The van der Waals surface area contributed by atoms with Gasteiger partial charge in [-0.05, 0) is 25.8 Å². The van der Waals surface area contributed by atoms with Crippen LogP contribution < -0.4 is 5.32 Å². The van der Waals surface area contributed by atoms with Crippen molar-refractivity contribution >= 4 is 0 Å². The Labute approximate surface area is 112 Å². The quantitative estimate of drug-likeness (QED) is 0.717. The zero-order valence-corrected chi connectivity index (χ0v) is 12.4. The number of nitrogens with zero attached hydrogens (tertiary/aromatic N) is 1. The normalized spacial score (nSPS) is 29.2. The maximum absolute atomic E-state index is 9.27. The zero-order chi connectivity index (χ0) is 13.6. The average molecular weight is 258 g/mol. The highest BCUT2D eigenvalue weighted by Crippen LogP contribution is 2.25. The fraction of sp³-hybridized carbons (Fsp3) is 1.00. The van der Waals surface area contributed by atoms with Gasteiger partial charge in [-0.15, -0.1) is 0 Å². The number of hydrogen-bond donors (Lipinski definition) is 2. The first-order valence-corrected chi connectivity index (χ1v) is 7.16. The summed E-state index contributed by atoms with van der Waals surface area (Å²) in [6.45, 7) is 10.7. The Morgan fingerprint density at radius 2 is 2.17 bits per heavy atom. The maximum atomic E-state index is 9.27. The second kappa shape index (κ2) is 7.43. The van der Waals surface area contributed by atoms with Crippen molar-refractivity contribution in [3.8, 4) is 0 Å². The van der Waals surface area contributed by atoms with E-state index in [0.717, 1.165) is 26.2 Å². The van der Waals surface area contributed by atoms with Gasteiger partial charge in [-0.1, -0.05) is 20.3 Å². The van der Waals surface area contributed by atoms with Crippen molar-refractivity contribution in [2.24, 2.45) is 5.41 Å². The van der Waals surface area contributed by atoms with E-state index in [1.165, 1.54) is 12.8 Å². The van der Waals surface area contributed by atoms with Crippen LogP contribution in [-0.4, -0.2) is 62.0 Å². The summed E-state index contributed by atoms with van der Waals surface area (Å²) in [5, 5.41) is 12.6. The van der Waals surface area contributed by atoms with E-state index in [1.54, 1.807) is 0 Å². The van der Waals surface area contributed by atoms with E-state index in [4.69, 9.17) is 4.74 Å². The molecule has 0 radical (unpaired) electrons. The van der Waals surface area contributed by atoms with E-state index in [1.807, 2.05) is 7.05 Å². The molecule has 4 heteroatoms. The number of aliphatic hydroxyl groups is 1. The molecule has 4 nitrogen and oxygen atoms in total. The zero-order valence-electron chi connectivity index (χ0n) is 12.4. The highest BCUT2D eigenvalue weighted by molar-refractivity contribution is 4.84. The minimum absolute atomic E-state index is 0.0192. The molecule has 18 heavy (non-hydrogen) atoms. The van der Waals surface area contributed by atoms with Gasteiger partial charge in [-0.25, -0.2) is 0 Å².